The van der Waals surface area contributed by atoms with Crippen molar-refractivity contribution in [2.45, 2.75) is 32.0 Å². The maximum atomic E-state index is 11.9. The molecule has 0 rings (SSSR count). The second kappa shape index (κ2) is 3.19. The first-order valence-electron chi connectivity index (χ1n) is 2.84. The Labute approximate surface area is 64.3 Å². The van der Waals surface area contributed by atoms with Gasteiger partial charge in [-0.05, 0) is 20.8 Å². The summed E-state index contributed by atoms with van der Waals surface area (Å²) < 4.78 is 16.5. The van der Waals surface area contributed by atoms with Crippen molar-refractivity contribution in [3.63, 3.8) is 0 Å². The highest BCUT2D eigenvalue weighted by molar-refractivity contribution is 6.28. The predicted octanol–water partition coefficient (Wildman–Crippen LogP) is 1.86. The van der Waals surface area contributed by atoms with E-state index in [1.165, 1.54) is 0 Å². The third-order valence-corrected chi connectivity index (χ3v) is 0.763. The van der Waals surface area contributed by atoms with Crippen LogP contribution in [0.1, 0.15) is 20.8 Å². The van der Waals surface area contributed by atoms with Gasteiger partial charge in [0.15, 0.2) is 0 Å². The lowest BCUT2D eigenvalue weighted by Crippen LogP contribution is -2.27. The molecule has 0 spiro atoms. The van der Waals surface area contributed by atoms with E-state index < -0.39 is 17.2 Å². The van der Waals surface area contributed by atoms with Gasteiger partial charge in [-0.2, -0.15) is 0 Å². The van der Waals surface area contributed by atoms with E-state index in [9.17, 15) is 9.18 Å². The molecular formula is C6H10ClFO2. The molecule has 0 amide bonds. The number of carbonyl (C=O) groups excluding carboxylic acids is 1. The summed E-state index contributed by atoms with van der Waals surface area (Å²) in [6.07, 6.45) is 0. The highest BCUT2D eigenvalue weighted by atomic mass is 35.5. The quantitative estimate of drug-likeness (QED) is 0.441. The number of esters is 1. The van der Waals surface area contributed by atoms with Gasteiger partial charge >= 0.3 is 5.97 Å². The van der Waals surface area contributed by atoms with Gasteiger partial charge in [0.2, 0.25) is 0 Å². The summed E-state index contributed by atoms with van der Waals surface area (Å²) in [4.78, 5) is 10.4. The first-order chi connectivity index (χ1) is 4.33. The van der Waals surface area contributed by atoms with E-state index in [1.54, 1.807) is 20.8 Å². The van der Waals surface area contributed by atoms with E-state index in [0.717, 1.165) is 0 Å². The van der Waals surface area contributed by atoms with Crippen LogP contribution >= 0.6 is 11.6 Å². The van der Waals surface area contributed by atoms with Crippen LogP contribution in [0.2, 0.25) is 0 Å². The zero-order valence-corrected chi connectivity index (χ0v) is 6.91. The summed E-state index contributed by atoms with van der Waals surface area (Å²) in [5, 5.41) is 0. The zero-order valence-electron chi connectivity index (χ0n) is 6.15. The van der Waals surface area contributed by atoms with E-state index in [4.69, 9.17) is 11.6 Å². The molecule has 1 unspecified atom stereocenters. The van der Waals surface area contributed by atoms with Crippen LogP contribution < -0.4 is 0 Å². The minimum Gasteiger partial charge on any atom is -0.457 e. The molecule has 0 N–H and O–H groups in total. The van der Waals surface area contributed by atoms with Gasteiger partial charge in [-0.3, -0.25) is 0 Å². The van der Waals surface area contributed by atoms with Crippen LogP contribution in [-0.2, 0) is 9.53 Å². The van der Waals surface area contributed by atoms with Crippen molar-refractivity contribution in [3.8, 4) is 0 Å². The van der Waals surface area contributed by atoms with Gasteiger partial charge in [-0.15, -0.1) is 0 Å². The Bertz CT molecular complexity index is 128. The highest BCUT2D eigenvalue weighted by Gasteiger charge is 2.22. The highest BCUT2D eigenvalue weighted by Crippen LogP contribution is 2.10. The van der Waals surface area contributed by atoms with Crippen molar-refractivity contribution in [2.24, 2.45) is 0 Å². The number of carbonyl (C=O) groups is 1. The lowest BCUT2D eigenvalue weighted by atomic mass is 10.2. The molecule has 10 heavy (non-hydrogen) atoms. The first-order valence-corrected chi connectivity index (χ1v) is 3.27. The molecule has 0 aromatic rings. The van der Waals surface area contributed by atoms with E-state index in [2.05, 4.69) is 4.74 Å². The topological polar surface area (TPSA) is 26.3 Å². The van der Waals surface area contributed by atoms with Crippen LogP contribution in [0.3, 0.4) is 0 Å². The van der Waals surface area contributed by atoms with Crippen LogP contribution in [0.5, 0.6) is 0 Å². The standard InChI is InChI=1S/C6H10ClFO2/c1-6(2,3)10-5(9)4(7)8/h4H,1-3H3. The lowest BCUT2D eigenvalue weighted by molar-refractivity contribution is -0.157. The monoisotopic (exact) mass is 168 g/mol. The number of hydrogen-bond donors (Lipinski definition) is 0. The van der Waals surface area contributed by atoms with Gasteiger partial charge in [0.1, 0.15) is 5.60 Å². The lowest BCUT2D eigenvalue weighted by Gasteiger charge is -2.19. The average Bonchev–Trinajstić information content (AvgIpc) is 1.60. The van der Waals surface area contributed by atoms with Gasteiger partial charge in [0.25, 0.3) is 5.63 Å². The van der Waals surface area contributed by atoms with Crippen molar-refractivity contribution in [2.75, 3.05) is 0 Å². The van der Waals surface area contributed by atoms with E-state index in [0.29, 0.717) is 0 Å². The number of rotatable bonds is 1. The Morgan fingerprint density at radius 1 is 1.60 bits per heavy atom. The predicted molar refractivity (Wildman–Crippen MR) is 36.6 cm³/mol. The van der Waals surface area contributed by atoms with Crippen molar-refractivity contribution in [1.82, 2.24) is 0 Å². The SMILES string of the molecule is CC(C)(C)OC(=O)C(F)Cl. The number of hydrogen-bond acceptors (Lipinski definition) is 2. The fourth-order valence-electron chi connectivity index (χ4n) is 0.346. The Kier molecular flexibility index (Phi) is 3.09. The molecule has 0 fully saturated rings. The third-order valence-electron chi connectivity index (χ3n) is 0.585. The summed E-state index contributed by atoms with van der Waals surface area (Å²) >= 11 is 4.79. The Morgan fingerprint density at radius 3 is 2.10 bits per heavy atom. The molecule has 0 aliphatic carbocycles. The second-order valence-electron chi connectivity index (χ2n) is 2.83. The van der Waals surface area contributed by atoms with Gasteiger partial charge in [-0.1, -0.05) is 11.6 Å². The minimum absolute atomic E-state index is 0.670. The van der Waals surface area contributed by atoms with Crippen LogP contribution in [0, 0.1) is 0 Å². The Balaban J connectivity index is 3.81. The third kappa shape index (κ3) is 4.56. The zero-order chi connectivity index (χ0) is 8.36. The molecule has 0 bridgehead atoms. The van der Waals surface area contributed by atoms with Gasteiger partial charge in [0.05, 0.1) is 0 Å². The molecular weight excluding hydrogens is 159 g/mol. The molecule has 0 radical (unpaired) electrons. The second-order valence-corrected chi connectivity index (χ2v) is 3.22. The fraction of sp³-hybridized carbons (Fsp3) is 0.833. The summed E-state index contributed by atoms with van der Waals surface area (Å²) in [6.45, 7) is 4.93. The molecule has 0 aliphatic heterocycles. The number of alkyl halides is 2. The van der Waals surface area contributed by atoms with Crippen molar-refractivity contribution >= 4 is 17.6 Å². The largest absolute Gasteiger partial charge is 0.457 e. The van der Waals surface area contributed by atoms with E-state index in [-0.39, 0.29) is 0 Å². The van der Waals surface area contributed by atoms with Crippen LogP contribution in [0.4, 0.5) is 4.39 Å². The van der Waals surface area contributed by atoms with Gasteiger partial charge in [0, 0.05) is 0 Å². The van der Waals surface area contributed by atoms with Crippen LogP contribution in [0.15, 0.2) is 0 Å². The molecule has 4 heteroatoms. The van der Waals surface area contributed by atoms with Crippen LogP contribution in [-0.4, -0.2) is 17.2 Å². The fourth-order valence-corrected chi connectivity index (χ4v) is 0.391. The maximum absolute atomic E-state index is 11.9. The molecule has 0 saturated carbocycles. The smallest absolute Gasteiger partial charge is 0.357 e. The maximum Gasteiger partial charge on any atom is 0.357 e. The molecule has 0 aromatic heterocycles. The summed E-state index contributed by atoms with van der Waals surface area (Å²) in [5.41, 5.74) is -2.73. The minimum atomic E-state index is -2.06. The van der Waals surface area contributed by atoms with E-state index >= 15 is 0 Å². The van der Waals surface area contributed by atoms with Crippen molar-refractivity contribution < 1.29 is 13.9 Å². The molecule has 0 aliphatic rings. The average molecular weight is 169 g/mol. The molecule has 0 saturated heterocycles. The van der Waals surface area contributed by atoms with Crippen molar-refractivity contribution in [3.05, 3.63) is 0 Å². The van der Waals surface area contributed by atoms with Gasteiger partial charge in [-0.25, -0.2) is 9.18 Å². The van der Waals surface area contributed by atoms with Gasteiger partial charge < -0.3 is 4.74 Å². The summed E-state index contributed by atoms with van der Waals surface area (Å²) in [6, 6.07) is 0. The summed E-state index contributed by atoms with van der Waals surface area (Å²) in [7, 11) is 0. The molecule has 1 atom stereocenters. The molecule has 2 nitrogen and oxygen atoms in total. The Hall–Kier alpha value is -0.310. The number of halogens is 2. The van der Waals surface area contributed by atoms with Crippen molar-refractivity contribution in [1.29, 1.82) is 0 Å². The number of ether oxygens (including phenoxy) is 1. The van der Waals surface area contributed by atoms with E-state index in [1.807, 2.05) is 0 Å². The molecule has 0 aromatic carbocycles. The molecule has 60 valence electrons. The van der Waals surface area contributed by atoms with Crippen LogP contribution in [0.25, 0.3) is 0 Å². The molecule has 0 heterocycles. The Morgan fingerprint density at radius 2 is 2.00 bits per heavy atom. The normalized spacial score (nSPS) is 14.5. The first kappa shape index (κ1) is 9.69. The summed E-state index contributed by atoms with van der Waals surface area (Å²) in [5.74, 6) is -1.03.